The van der Waals surface area contributed by atoms with E-state index in [4.69, 9.17) is 21.4 Å². The minimum absolute atomic E-state index is 0.145. The van der Waals surface area contributed by atoms with E-state index in [9.17, 15) is 9.59 Å². The number of carboxylic acid groups (broad SMARTS) is 1. The lowest BCUT2D eigenvalue weighted by Gasteiger charge is -2.13. The average molecular weight is 286 g/mol. The molecule has 104 valence electrons. The van der Waals surface area contributed by atoms with E-state index in [2.05, 4.69) is 5.32 Å². The van der Waals surface area contributed by atoms with Crippen molar-refractivity contribution >= 4 is 23.5 Å². The lowest BCUT2D eigenvalue weighted by Crippen LogP contribution is -2.35. The molecule has 0 bridgehead atoms. The third kappa shape index (κ3) is 6.22. The van der Waals surface area contributed by atoms with Gasteiger partial charge in [-0.25, -0.2) is 0 Å². The molecule has 0 aromatic heterocycles. The Bertz CT molecular complexity index is 450. The number of carbonyl (C=O) groups is 2. The number of amides is 1. The van der Waals surface area contributed by atoms with E-state index in [1.165, 1.54) is 7.11 Å². The van der Waals surface area contributed by atoms with Crippen LogP contribution in [0.4, 0.5) is 0 Å². The normalized spacial score (nSPS) is 11.9. The van der Waals surface area contributed by atoms with Crippen LogP contribution in [0, 0.1) is 0 Å². The molecule has 2 N–H and O–H groups in total. The Morgan fingerprint density at radius 3 is 2.79 bits per heavy atom. The molecule has 0 fully saturated rings. The summed E-state index contributed by atoms with van der Waals surface area (Å²) in [6, 6.07) is 7.02. The molecule has 1 amide bonds. The number of rotatable bonds is 7. The van der Waals surface area contributed by atoms with Crippen molar-refractivity contribution in [2.75, 3.05) is 13.7 Å². The molecule has 0 aliphatic rings. The quantitative estimate of drug-likeness (QED) is 0.796. The smallest absolute Gasteiger partial charge is 0.306 e. The van der Waals surface area contributed by atoms with E-state index in [0.29, 0.717) is 5.02 Å². The third-order valence-electron chi connectivity index (χ3n) is 2.52. The van der Waals surface area contributed by atoms with Crippen molar-refractivity contribution in [2.24, 2.45) is 0 Å². The predicted octanol–water partition coefficient (Wildman–Crippen LogP) is 1.49. The van der Waals surface area contributed by atoms with E-state index in [1.807, 2.05) is 0 Å². The summed E-state index contributed by atoms with van der Waals surface area (Å²) in [6.07, 6.45) is -0.473. The number of halogens is 1. The first-order valence-electron chi connectivity index (χ1n) is 5.77. The minimum Gasteiger partial charge on any atom is -0.481 e. The van der Waals surface area contributed by atoms with Crippen molar-refractivity contribution in [3.63, 3.8) is 0 Å². The molecular formula is C13H16ClNO4. The number of methoxy groups -OCH3 is 1. The van der Waals surface area contributed by atoms with Crippen molar-refractivity contribution in [3.05, 3.63) is 34.9 Å². The van der Waals surface area contributed by atoms with Crippen LogP contribution in [0.25, 0.3) is 0 Å². The second-order valence-corrected chi connectivity index (χ2v) is 4.50. The highest BCUT2D eigenvalue weighted by molar-refractivity contribution is 6.30. The van der Waals surface area contributed by atoms with E-state index in [1.54, 1.807) is 24.3 Å². The molecule has 1 aromatic carbocycles. The van der Waals surface area contributed by atoms with E-state index >= 15 is 0 Å². The maximum atomic E-state index is 11.7. The summed E-state index contributed by atoms with van der Waals surface area (Å²) >= 11 is 5.82. The maximum Gasteiger partial charge on any atom is 0.306 e. The van der Waals surface area contributed by atoms with Gasteiger partial charge >= 0.3 is 5.97 Å². The Hall–Kier alpha value is -1.59. The van der Waals surface area contributed by atoms with Crippen LogP contribution in [0.3, 0.4) is 0 Å². The minimum atomic E-state index is -0.962. The Labute approximate surface area is 116 Å². The number of hydrogen-bond acceptors (Lipinski definition) is 3. The van der Waals surface area contributed by atoms with E-state index in [0.717, 1.165) is 5.56 Å². The van der Waals surface area contributed by atoms with Gasteiger partial charge in [-0.2, -0.15) is 0 Å². The van der Waals surface area contributed by atoms with Crippen LogP contribution >= 0.6 is 11.6 Å². The van der Waals surface area contributed by atoms with Gasteiger partial charge in [-0.15, -0.1) is 0 Å². The van der Waals surface area contributed by atoms with E-state index < -0.39 is 12.1 Å². The summed E-state index contributed by atoms with van der Waals surface area (Å²) in [6.45, 7) is 0.169. The summed E-state index contributed by atoms with van der Waals surface area (Å²) < 4.78 is 4.96. The topological polar surface area (TPSA) is 75.6 Å². The SMILES string of the molecule is COC(CNC(=O)Cc1cccc(Cl)c1)CC(=O)O. The van der Waals surface area contributed by atoms with Crippen molar-refractivity contribution in [1.82, 2.24) is 5.32 Å². The fourth-order valence-corrected chi connectivity index (χ4v) is 1.77. The molecule has 5 nitrogen and oxygen atoms in total. The van der Waals surface area contributed by atoms with Crippen LogP contribution in [0.15, 0.2) is 24.3 Å². The van der Waals surface area contributed by atoms with Gasteiger partial charge in [-0.05, 0) is 17.7 Å². The highest BCUT2D eigenvalue weighted by Crippen LogP contribution is 2.11. The zero-order valence-electron chi connectivity index (χ0n) is 10.6. The molecule has 0 saturated carbocycles. The maximum absolute atomic E-state index is 11.7. The lowest BCUT2D eigenvalue weighted by molar-refractivity contribution is -0.140. The summed E-state index contributed by atoms with van der Waals surface area (Å²) in [5.41, 5.74) is 0.803. The van der Waals surface area contributed by atoms with Gasteiger partial charge in [-0.1, -0.05) is 23.7 Å². The van der Waals surface area contributed by atoms with Gasteiger partial charge in [0.15, 0.2) is 0 Å². The molecule has 1 unspecified atom stereocenters. The molecule has 6 heteroatoms. The molecular weight excluding hydrogens is 270 g/mol. The highest BCUT2D eigenvalue weighted by Gasteiger charge is 2.13. The standard InChI is InChI=1S/C13H16ClNO4/c1-19-11(7-13(17)18)8-15-12(16)6-9-3-2-4-10(14)5-9/h2-5,11H,6-8H2,1H3,(H,15,16)(H,17,18). The van der Waals surface area contributed by atoms with Gasteiger partial charge in [0, 0.05) is 18.7 Å². The van der Waals surface area contributed by atoms with Gasteiger partial charge in [0.2, 0.25) is 5.91 Å². The Kier molecular flexibility index (Phi) is 6.32. The highest BCUT2D eigenvalue weighted by atomic mass is 35.5. The average Bonchev–Trinajstić information content (AvgIpc) is 2.34. The summed E-state index contributed by atoms with van der Waals surface area (Å²) in [7, 11) is 1.41. The van der Waals surface area contributed by atoms with Gasteiger partial charge in [0.05, 0.1) is 18.9 Å². The van der Waals surface area contributed by atoms with Gasteiger partial charge in [-0.3, -0.25) is 9.59 Å². The van der Waals surface area contributed by atoms with Crippen LogP contribution in [0.5, 0.6) is 0 Å². The Morgan fingerprint density at radius 1 is 1.47 bits per heavy atom. The van der Waals surface area contributed by atoms with Gasteiger partial charge < -0.3 is 15.2 Å². The largest absolute Gasteiger partial charge is 0.481 e. The summed E-state index contributed by atoms with van der Waals surface area (Å²) in [4.78, 5) is 22.2. The fourth-order valence-electron chi connectivity index (χ4n) is 1.56. The molecule has 0 aliphatic carbocycles. The Balaban J connectivity index is 2.40. The molecule has 0 saturated heterocycles. The zero-order chi connectivity index (χ0) is 14.3. The number of benzene rings is 1. The summed E-state index contributed by atoms with van der Waals surface area (Å²) in [5.74, 6) is -1.16. The number of carboxylic acids is 1. The second-order valence-electron chi connectivity index (χ2n) is 4.07. The number of aliphatic carboxylic acids is 1. The van der Waals surface area contributed by atoms with Crippen LogP contribution in [-0.2, 0) is 20.7 Å². The van der Waals surface area contributed by atoms with Crippen LogP contribution in [0.1, 0.15) is 12.0 Å². The van der Waals surface area contributed by atoms with Crippen LogP contribution < -0.4 is 5.32 Å². The van der Waals surface area contributed by atoms with E-state index in [-0.39, 0.29) is 25.3 Å². The summed E-state index contributed by atoms with van der Waals surface area (Å²) in [5, 5.41) is 11.9. The van der Waals surface area contributed by atoms with Crippen LogP contribution in [-0.4, -0.2) is 36.7 Å². The molecule has 19 heavy (non-hydrogen) atoms. The second kappa shape index (κ2) is 7.76. The predicted molar refractivity (Wildman–Crippen MR) is 71.2 cm³/mol. The molecule has 1 atom stereocenters. The molecule has 0 spiro atoms. The molecule has 0 radical (unpaired) electrons. The monoisotopic (exact) mass is 285 g/mol. The molecule has 0 aliphatic heterocycles. The lowest BCUT2D eigenvalue weighted by atomic mass is 10.1. The number of carbonyl (C=O) groups excluding carboxylic acids is 1. The number of hydrogen-bond donors (Lipinski definition) is 2. The number of nitrogens with one attached hydrogen (secondary N) is 1. The molecule has 1 rings (SSSR count). The van der Waals surface area contributed by atoms with Crippen molar-refractivity contribution in [2.45, 2.75) is 18.9 Å². The molecule has 1 aromatic rings. The number of ether oxygens (including phenoxy) is 1. The third-order valence-corrected chi connectivity index (χ3v) is 2.75. The first-order chi connectivity index (χ1) is 9.01. The van der Waals surface area contributed by atoms with Crippen molar-refractivity contribution < 1.29 is 19.4 Å². The van der Waals surface area contributed by atoms with Crippen LogP contribution in [0.2, 0.25) is 5.02 Å². The zero-order valence-corrected chi connectivity index (χ0v) is 11.3. The van der Waals surface area contributed by atoms with Crippen molar-refractivity contribution in [3.8, 4) is 0 Å². The van der Waals surface area contributed by atoms with Crippen molar-refractivity contribution in [1.29, 1.82) is 0 Å². The Morgan fingerprint density at radius 2 is 2.21 bits per heavy atom. The first kappa shape index (κ1) is 15.5. The first-order valence-corrected chi connectivity index (χ1v) is 6.14. The van der Waals surface area contributed by atoms with Gasteiger partial charge in [0.25, 0.3) is 0 Å². The fraction of sp³-hybridized carbons (Fsp3) is 0.385. The van der Waals surface area contributed by atoms with Gasteiger partial charge in [0.1, 0.15) is 0 Å². The molecule has 0 heterocycles.